The number of imidazole rings is 1. The van der Waals surface area contributed by atoms with E-state index < -0.39 is 0 Å². The highest BCUT2D eigenvalue weighted by Gasteiger charge is 2.24. The van der Waals surface area contributed by atoms with Gasteiger partial charge >= 0.3 is 0 Å². The van der Waals surface area contributed by atoms with Crippen molar-refractivity contribution in [3.05, 3.63) is 89.7 Å². The van der Waals surface area contributed by atoms with Crippen molar-refractivity contribution in [1.82, 2.24) is 14.5 Å². The molecule has 0 spiro atoms. The molecule has 0 bridgehead atoms. The average molecular weight is 473 g/mol. The number of benzene rings is 3. The molecule has 0 saturated carbocycles. The summed E-state index contributed by atoms with van der Waals surface area (Å²) >= 11 is 0. The fourth-order valence-corrected chi connectivity index (χ4v) is 4.88. The number of nitrogens with zero attached hydrogens (tertiary/aromatic N) is 3. The summed E-state index contributed by atoms with van der Waals surface area (Å²) in [7, 11) is 0. The van der Waals surface area contributed by atoms with Gasteiger partial charge in [-0.05, 0) is 80.1 Å². The number of aromatic nitrogens is 2. The van der Waals surface area contributed by atoms with Crippen LogP contribution in [0.2, 0.25) is 0 Å². The molecular formula is C29H33FN4O. The van der Waals surface area contributed by atoms with Crippen LogP contribution in [-0.4, -0.2) is 40.3 Å². The van der Waals surface area contributed by atoms with Crippen LogP contribution in [0.25, 0.3) is 11.0 Å². The van der Waals surface area contributed by atoms with Gasteiger partial charge in [0.05, 0.1) is 30.4 Å². The van der Waals surface area contributed by atoms with Crippen molar-refractivity contribution < 1.29 is 9.13 Å². The number of piperidine rings is 1. The maximum absolute atomic E-state index is 13.5. The molecule has 0 amide bonds. The monoisotopic (exact) mass is 472 g/mol. The van der Waals surface area contributed by atoms with Gasteiger partial charge in [0.2, 0.25) is 5.95 Å². The molecule has 2 heterocycles. The predicted molar refractivity (Wildman–Crippen MR) is 139 cm³/mol. The smallest absolute Gasteiger partial charge is 0.205 e. The van der Waals surface area contributed by atoms with Crippen molar-refractivity contribution in [1.29, 1.82) is 0 Å². The zero-order valence-corrected chi connectivity index (χ0v) is 20.3. The molecule has 5 nitrogen and oxygen atoms in total. The van der Waals surface area contributed by atoms with Gasteiger partial charge in [0, 0.05) is 13.1 Å². The summed E-state index contributed by atoms with van der Waals surface area (Å²) in [5.41, 5.74) is 4.42. The lowest BCUT2D eigenvalue weighted by molar-refractivity contribution is 0.168. The van der Waals surface area contributed by atoms with Crippen LogP contribution in [0.3, 0.4) is 0 Å². The lowest BCUT2D eigenvalue weighted by Gasteiger charge is -2.36. The Morgan fingerprint density at radius 3 is 2.54 bits per heavy atom. The minimum Gasteiger partial charge on any atom is -0.494 e. The molecule has 5 rings (SSSR count). The zero-order valence-electron chi connectivity index (χ0n) is 20.3. The summed E-state index contributed by atoms with van der Waals surface area (Å²) in [6.45, 7) is 5.40. The van der Waals surface area contributed by atoms with E-state index in [0.29, 0.717) is 13.2 Å². The van der Waals surface area contributed by atoms with Gasteiger partial charge in [0.1, 0.15) is 11.6 Å². The maximum Gasteiger partial charge on any atom is 0.205 e. The fraction of sp³-hybridized carbons (Fsp3) is 0.345. The fourth-order valence-electron chi connectivity index (χ4n) is 4.88. The van der Waals surface area contributed by atoms with E-state index in [1.807, 2.05) is 37.3 Å². The minimum absolute atomic E-state index is 0.215. The highest BCUT2D eigenvalue weighted by atomic mass is 19.1. The lowest BCUT2D eigenvalue weighted by Crippen LogP contribution is -2.45. The average Bonchev–Trinajstić information content (AvgIpc) is 3.22. The SMILES string of the molecule is CCOc1ccc(CCN2CCCCC2Nc2nc3ccccc3n2Cc2ccc(F)cc2)cc1. The van der Waals surface area contributed by atoms with Gasteiger partial charge < -0.3 is 14.6 Å². The number of hydrogen-bond acceptors (Lipinski definition) is 4. The molecule has 1 aliphatic heterocycles. The van der Waals surface area contributed by atoms with E-state index >= 15 is 0 Å². The first-order chi connectivity index (χ1) is 17.2. The van der Waals surface area contributed by atoms with Crippen molar-refractivity contribution in [2.75, 3.05) is 25.0 Å². The van der Waals surface area contributed by atoms with Crippen molar-refractivity contribution in [3.63, 3.8) is 0 Å². The summed E-state index contributed by atoms with van der Waals surface area (Å²) < 4.78 is 21.2. The topological polar surface area (TPSA) is 42.3 Å². The predicted octanol–water partition coefficient (Wildman–Crippen LogP) is 6.09. The molecule has 1 N–H and O–H groups in total. The Morgan fingerprint density at radius 2 is 1.74 bits per heavy atom. The van der Waals surface area contributed by atoms with Crippen molar-refractivity contribution in [3.8, 4) is 5.75 Å². The number of halogens is 1. The summed E-state index contributed by atoms with van der Waals surface area (Å²) in [5, 5.41) is 3.77. The number of likely N-dealkylation sites (tertiary alicyclic amines) is 1. The van der Waals surface area contributed by atoms with Crippen LogP contribution in [0.1, 0.15) is 37.3 Å². The minimum atomic E-state index is -0.215. The summed E-state index contributed by atoms with van der Waals surface area (Å²) in [4.78, 5) is 7.48. The van der Waals surface area contributed by atoms with Crippen LogP contribution in [0.15, 0.2) is 72.8 Å². The van der Waals surface area contributed by atoms with Gasteiger partial charge in [0.25, 0.3) is 0 Å². The third-order valence-electron chi connectivity index (χ3n) is 6.74. The molecule has 1 atom stereocenters. The van der Waals surface area contributed by atoms with Gasteiger partial charge in [-0.1, -0.05) is 36.4 Å². The molecule has 4 aromatic rings. The van der Waals surface area contributed by atoms with Gasteiger partial charge in [-0.15, -0.1) is 0 Å². The third kappa shape index (κ3) is 5.65. The van der Waals surface area contributed by atoms with E-state index in [1.54, 1.807) is 0 Å². The third-order valence-corrected chi connectivity index (χ3v) is 6.74. The van der Waals surface area contributed by atoms with Crippen LogP contribution in [0.4, 0.5) is 10.3 Å². The molecule has 1 unspecified atom stereocenters. The molecule has 1 fully saturated rings. The van der Waals surface area contributed by atoms with E-state index in [4.69, 9.17) is 9.72 Å². The quantitative estimate of drug-likeness (QED) is 0.320. The molecule has 1 aromatic heterocycles. The maximum atomic E-state index is 13.5. The molecular weight excluding hydrogens is 439 g/mol. The van der Waals surface area contributed by atoms with Crippen LogP contribution < -0.4 is 10.1 Å². The molecule has 3 aromatic carbocycles. The second-order valence-electron chi connectivity index (χ2n) is 9.16. The van der Waals surface area contributed by atoms with E-state index in [1.165, 1.54) is 30.5 Å². The number of anilines is 1. The van der Waals surface area contributed by atoms with E-state index in [2.05, 4.69) is 45.1 Å². The summed E-state index contributed by atoms with van der Waals surface area (Å²) in [6, 6.07) is 23.4. The Morgan fingerprint density at radius 1 is 0.971 bits per heavy atom. The molecule has 1 saturated heterocycles. The summed E-state index contributed by atoms with van der Waals surface area (Å²) in [5.74, 6) is 1.58. The Bertz CT molecular complexity index is 1240. The summed E-state index contributed by atoms with van der Waals surface area (Å²) in [6.07, 6.45) is 4.73. The number of rotatable bonds is 9. The normalized spacial score (nSPS) is 16.5. The second kappa shape index (κ2) is 10.9. The zero-order chi connectivity index (χ0) is 24.0. The number of fused-ring (bicyclic) bond motifs is 1. The molecule has 182 valence electrons. The van der Waals surface area contributed by atoms with Crippen LogP contribution in [0.5, 0.6) is 5.75 Å². The molecule has 0 aliphatic carbocycles. The van der Waals surface area contributed by atoms with Gasteiger partial charge in [-0.2, -0.15) is 0 Å². The standard InChI is InChI=1S/C29H33FN4O/c1-2-35-25-16-12-22(13-17-25)18-20-33-19-6-5-9-28(33)32-29-31-26-7-3-4-8-27(26)34(29)21-23-10-14-24(30)15-11-23/h3-4,7-8,10-17,28H,2,5-6,9,18-21H2,1H3,(H,31,32). The number of ether oxygens (including phenoxy) is 1. The first-order valence-electron chi connectivity index (χ1n) is 12.6. The van der Waals surface area contributed by atoms with Crippen LogP contribution >= 0.6 is 0 Å². The second-order valence-corrected chi connectivity index (χ2v) is 9.16. The Kier molecular flexibility index (Phi) is 7.28. The number of nitrogens with one attached hydrogen (secondary N) is 1. The van der Waals surface area contributed by atoms with E-state index in [0.717, 1.165) is 54.2 Å². The van der Waals surface area contributed by atoms with Gasteiger partial charge in [0.15, 0.2) is 0 Å². The number of para-hydroxylation sites is 2. The van der Waals surface area contributed by atoms with Crippen LogP contribution in [0, 0.1) is 5.82 Å². The first kappa shape index (κ1) is 23.4. The van der Waals surface area contributed by atoms with E-state index in [-0.39, 0.29) is 12.0 Å². The van der Waals surface area contributed by atoms with E-state index in [9.17, 15) is 4.39 Å². The molecule has 1 aliphatic rings. The largest absolute Gasteiger partial charge is 0.494 e. The molecule has 35 heavy (non-hydrogen) atoms. The Balaban J connectivity index is 1.33. The lowest BCUT2D eigenvalue weighted by atomic mass is 10.1. The highest BCUT2D eigenvalue weighted by molar-refractivity contribution is 5.78. The molecule has 0 radical (unpaired) electrons. The van der Waals surface area contributed by atoms with Crippen molar-refractivity contribution >= 4 is 17.0 Å². The Hall–Kier alpha value is -3.38. The van der Waals surface area contributed by atoms with Crippen molar-refractivity contribution in [2.45, 2.75) is 45.3 Å². The number of hydrogen-bond donors (Lipinski definition) is 1. The Labute approximate surface area is 206 Å². The van der Waals surface area contributed by atoms with Gasteiger partial charge in [-0.3, -0.25) is 4.90 Å². The van der Waals surface area contributed by atoms with Crippen molar-refractivity contribution in [2.24, 2.45) is 0 Å². The van der Waals surface area contributed by atoms with Crippen LogP contribution in [-0.2, 0) is 13.0 Å². The highest BCUT2D eigenvalue weighted by Crippen LogP contribution is 2.25. The first-order valence-corrected chi connectivity index (χ1v) is 12.6. The van der Waals surface area contributed by atoms with Gasteiger partial charge in [-0.25, -0.2) is 9.37 Å². The molecule has 6 heteroatoms.